The predicted octanol–water partition coefficient (Wildman–Crippen LogP) is 6.82. The van der Waals surface area contributed by atoms with Crippen LogP contribution in [0, 0.1) is 29.6 Å². The fourth-order valence-corrected chi connectivity index (χ4v) is 7.22. The molecule has 4 bridgehead atoms. The molecule has 2 aliphatic heterocycles. The number of carbonyl (C=O) groups excluding carboxylic acids is 1. The zero-order chi connectivity index (χ0) is 28.9. The van der Waals surface area contributed by atoms with E-state index < -0.39 is 31.7 Å². The third kappa shape index (κ3) is 4.57. The summed E-state index contributed by atoms with van der Waals surface area (Å²) in [5.41, 5.74) is 0.321. The number of anilines is 1. The predicted molar refractivity (Wildman–Crippen MR) is 161 cm³/mol. The van der Waals surface area contributed by atoms with Gasteiger partial charge in [0.2, 0.25) is 0 Å². The van der Waals surface area contributed by atoms with Crippen molar-refractivity contribution >= 4 is 20.1 Å². The SMILES string of the molecule is CC(C)(C)[Si](C)(C)OCCOc1ccc2c(c1)C13OC14CCC[C@H]3C#CC=CC#C[C@@H]4N2C(=O)Oc1ccccc1. The molecule has 2 fully saturated rings. The molecule has 4 aliphatic rings. The average molecular weight is 568 g/mol. The summed E-state index contributed by atoms with van der Waals surface area (Å²) in [6.45, 7) is 12.1. The van der Waals surface area contributed by atoms with Gasteiger partial charge in [-0.05, 0) is 79.9 Å². The minimum Gasteiger partial charge on any atom is -0.491 e. The molecular weight excluding hydrogens is 530 g/mol. The Balaban J connectivity index is 1.36. The summed E-state index contributed by atoms with van der Waals surface area (Å²) in [5, 5.41) is 0.136. The zero-order valence-electron chi connectivity index (χ0n) is 24.5. The summed E-state index contributed by atoms with van der Waals surface area (Å²) in [6.07, 6.45) is 5.69. The van der Waals surface area contributed by atoms with Crippen molar-refractivity contribution in [2.45, 2.75) is 75.4 Å². The van der Waals surface area contributed by atoms with Gasteiger partial charge in [0, 0.05) is 5.56 Å². The molecular formula is C34H37NO5Si. The van der Waals surface area contributed by atoms with Gasteiger partial charge in [0.15, 0.2) is 8.32 Å². The molecule has 1 saturated heterocycles. The van der Waals surface area contributed by atoms with E-state index in [9.17, 15) is 4.79 Å². The highest BCUT2D eigenvalue weighted by Gasteiger charge is 2.81. The van der Waals surface area contributed by atoms with E-state index in [0.29, 0.717) is 24.7 Å². The second-order valence-electron chi connectivity index (χ2n) is 12.7. The van der Waals surface area contributed by atoms with Crippen molar-refractivity contribution in [3.63, 3.8) is 0 Å². The molecule has 2 unspecified atom stereocenters. The van der Waals surface area contributed by atoms with Crippen LogP contribution in [0.4, 0.5) is 10.5 Å². The Hall–Kier alpha value is -3.49. The number of para-hydroxylation sites is 1. The van der Waals surface area contributed by atoms with E-state index in [-0.39, 0.29) is 11.0 Å². The van der Waals surface area contributed by atoms with Crippen molar-refractivity contribution in [3.8, 4) is 35.2 Å². The smallest absolute Gasteiger partial charge is 0.420 e. The minimum atomic E-state index is -1.87. The zero-order valence-corrected chi connectivity index (χ0v) is 25.5. The van der Waals surface area contributed by atoms with E-state index in [1.807, 2.05) is 36.4 Å². The molecule has 41 heavy (non-hydrogen) atoms. The Morgan fingerprint density at radius 1 is 1.05 bits per heavy atom. The van der Waals surface area contributed by atoms with Crippen molar-refractivity contribution in [1.29, 1.82) is 0 Å². The van der Waals surface area contributed by atoms with Gasteiger partial charge in [-0.1, -0.05) is 62.7 Å². The number of rotatable bonds is 6. The van der Waals surface area contributed by atoms with Crippen LogP contribution in [-0.4, -0.2) is 39.3 Å². The second kappa shape index (κ2) is 10.1. The van der Waals surface area contributed by atoms with Crippen LogP contribution in [0.5, 0.6) is 11.5 Å². The van der Waals surface area contributed by atoms with Gasteiger partial charge in [-0.3, -0.25) is 4.90 Å². The number of ether oxygens (including phenoxy) is 3. The molecule has 7 heteroatoms. The number of hydrogen-bond acceptors (Lipinski definition) is 5. The maximum Gasteiger partial charge on any atom is 0.420 e. The summed E-state index contributed by atoms with van der Waals surface area (Å²) in [5.74, 6) is 14.3. The van der Waals surface area contributed by atoms with Crippen LogP contribution in [0.15, 0.2) is 60.7 Å². The fourth-order valence-electron chi connectivity index (χ4n) is 6.19. The first-order valence-corrected chi connectivity index (χ1v) is 17.3. The van der Waals surface area contributed by atoms with Crippen molar-refractivity contribution in [2.75, 3.05) is 18.1 Å². The Bertz CT molecular complexity index is 1500. The van der Waals surface area contributed by atoms with Gasteiger partial charge < -0.3 is 18.6 Å². The van der Waals surface area contributed by atoms with E-state index in [0.717, 1.165) is 30.5 Å². The number of epoxide rings is 1. The number of amides is 1. The average Bonchev–Trinajstić information content (AvgIpc) is 3.65. The molecule has 0 N–H and O–H groups in total. The van der Waals surface area contributed by atoms with E-state index in [2.05, 4.69) is 57.5 Å². The molecule has 1 amide bonds. The Morgan fingerprint density at radius 3 is 2.56 bits per heavy atom. The Morgan fingerprint density at radius 2 is 1.80 bits per heavy atom. The standard InChI is InChI=1S/C34H37NO5Si/c1-32(2,3)41(4,5)38-23-22-37-27-19-20-29-28(24-27)34-25-14-9-6-7-12-18-30(33(34,40-34)21-13-15-25)35(29)31(36)39-26-16-10-8-11-17-26/h6-8,10-11,16-17,19-20,24-25,30H,13,15,21-23H2,1-5H3/t25-,30+,33?,34?/m1/s1. The summed E-state index contributed by atoms with van der Waals surface area (Å²) < 4.78 is 25.3. The molecule has 6 nitrogen and oxygen atoms in total. The first-order chi connectivity index (χ1) is 19.6. The van der Waals surface area contributed by atoms with Crippen molar-refractivity contribution < 1.29 is 23.4 Å². The molecule has 2 aromatic carbocycles. The molecule has 212 valence electrons. The van der Waals surface area contributed by atoms with Crippen LogP contribution in [0.1, 0.15) is 45.6 Å². The summed E-state index contributed by atoms with van der Waals surface area (Å²) in [4.78, 5) is 15.5. The minimum absolute atomic E-state index is 0.0217. The molecule has 0 spiro atoms. The van der Waals surface area contributed by atoms with E-state index >= 15 is 0 Å². The third-order valence-electron chi connectivity index (χ3n) is 9.28. The quantitative estimate of drug-likeness (QED) is 0.166. The molecule has 1 saturated carbocycles. The number of fused-ring (bicyclic) bond motifs is 1. The van der Waals surface area contributed by atoms with Gasteiger partial charge in [0.05, 0.1) is 18.2 Å². The number of carbonyl (C=O) groups is 1. The topological polar surface area (TPSA) is 60.5 Å². The lowest BCUT2D eigenvalue weighted by atomic mass is 9.64. The van der Waals surface area contributed by atoms with Crippen LogP contribution in [0.3, 0.4) is 0 Å². The van der Waals surface area contributed by atoms with Crippen LogP contribution in [0.25, 0.3) is 0 Å². The normalized spacial score (nSPS) is 27.2. The van der Waals surface area contributed by atoms with Crippen LogP contribution in [0.2, 0.25) is 18.1 Å². The number of allylic oxidation sites excluding steroid dienone is 2. The molecule has 2 aliphatic carbocycles. The summed E-state index contributed by atoms with van der Waals surface area (Å²) in [7, 11) is -1.87. The molecule has 2 heterocycles. The van der Waals surface area contributed by atoms with Crippen molar-refractivity contribution in [3.05, 3.63) is 66.2 Å². The van der Waals surface area contributed by atoms with Crippen LogP contribution in [-0.2, 0) is 14.8 Å². The fraction of sp³-hybridized carbons (Fsp3) is 0.441. The third-order valence-corrected chi connectivity index (χ3v) is 13.8. The van der Waals surface area contributed by atoms with Gasteiger partial charge in [-0.25, -0.2) is 4.79 Å². The first-order valence-electron chi connectivity index (χ1n) is 14.4. The van der Waals surface area contributed by atoms with E-state index in [4.69, 9.17) is 18.6 Å². The van der Waals surface area contributed by atoms with Gasteiger partial charge in [-0.15, -0.1) is 0 Å². The van der Waals surface area contributed by atoms with Crippen LogP contribution < -0.4 is 14.4 Å². The lowest BCUT2D eigenvalue weighted by Crippen LogP contribution is -2.57. The molecule has 0 aromatic heterocycles. The van der Waals surface area contributed by atoms with E-state index in [1.165, 1.54) is 0 Å². The lowest BCUT2D eigenvalue weighted by molar-refractivity contribution is 0.197. The van der Waals surface area contributed by atoms with Gasteiger partial charge in [0.25, 0.3) is 0 Å². The van der Waals surface area contributed by atoms with Gasteiger partial charge >= 0.3 is 6.09 Å². The maximum absolute atomic E-state index is 13.9. The number of nitrogens with zero attached hydrogens (tertiary/aromatic N) is 1. The second-order valence-corrected chi connectivity index (χ2v) is 17.5. The number of benzene rings is 2. The highest BCUT2D eigenvalue weighted by Crippen LogP contribution is 2.72. The van der Waals surface area contributed by atoms with Crippen LogP contribution >= 0.6 is 0 Å². The van der Waals surface area contributed by atoms with Gasteiger partial charge in [0.1, 0.15) is 35.3 Å². The van der Waals surface area contributed by atoms with Gasteiger partial charge in [-0.2, -0.15) is 0 Å². The highest BCUT2D eigenvalue weighted by atomic mass is 28.4. The summed E-state index contributed by atoms with van der Waals surface area (Å²) in [6, 6.07) is 14.5. The Kier molecular flexibility index (Phi) is 6.81. The van der Waals surface area contributed by atoms with Crippen molar-refractivity contribution in [1.82, 2.24) is 0 Å². The number of hydrogen-bond donors (Lipinski definition) is 0. The highest BCUT2D eigenvalue weighted by molar-refractivity contribution is 6.74. The molecule has 4 atom stereocenters. The maximum atomic E-state index is 13.9. The van der Waals surface area contributed by atoms with E-state index in [1.54, 1.807) is 29.2 Å². The van der Waals surface area contributed by atoms with Crippen molar-refractivity contribution in [2.24, 2.45) is 5.92 Å². The Labute approximate surface area is 244 Å². The monoisotopic (exact) mass is 567 g/mol. The molecule has 6 rings (SSSR count). The largest absolute Gasteiger partial charge is 0.491 e. The summed E-state index contributed by atoms with van der Waals surface area (Å²) >= 11 is 0. The molecule has 0 radical (unpaired) electrons. The first kappa shape index (κ1) is 27.7. The lowest BCUT2D eigenvalue weighted by Gasteiger charge is -2.43. The molecule has 2 aromatic rings.